The molecule has 0 spiro atoms. The van der Waals surface area contributed by atoms with Crippen LogP contribution in [0.15, 0.2) is 11.4 Å². The summed E-state index contributed by atoms with van der Waals surface area (Å²) >= 11 is 1.69. The minimum absolute atomic E-state index is 0.715. The fourth-order valence-electron chi connectivity index (χ4n) is 2.79. The van der Waals surface area contributed by atoms with Crippen LogP contribution >= 0.6 is 11.3 Å². The van der Waals surface area contributed by atoms with E-state index in [0.717, 1.165) is 55.6 Å². The number of fused-ring (bicyclic) bond motifs is 1. The molecular formula is C15H21N3OS. The summed E-state index contributed by atoms with van der Waals surface area (Å²) in [7, 11) is 0. The summed E-state index contributed by atoms with van der Waals surface area (Å²) in [5.74, 6) is 2.68. The lowest BCUT2D eigenvalue weighted by Crippen LogP contribution is -2.33. The number of hydrogen-bond acceptors (Lipinski definition) is 5. The van der Waals surface area contributed by atoms with Crippen molar-refractivity contribution in [2.75, 3.05) is 31.2 Å². The number of thiophene rings is 1. The van der Waals surface area contributed by atoms with Gasteiger partial charge >= 0.3 is 0 Å². The Bertz CT molecular complexity index is 578. The van der Waals surface area contributed by atoms with E-state index in [-0.39, 0.29) is 0 Å². The fraction of sp³-hybridized carbons (Fsp3) is 0.600. The molecule has 0 radical (unpaired) electrons. The van der Waals surface area contributed by atoms with Gasteiger partial charge in [0.1, 0.15) is 16.5 Å². The quantitative estimate of drug-likeness (QED) is 0.866. The molecule has 3 heterocycles. The highest BCUT2D eigenvalue weighted by molar-refractivity contribution is 7.16. The number of hydrogen-bond donors (Lipinski definition) is 0. The molecule has 1 fully saturated rings. The second kappa shape index (κ2) is 6.06. The molecule has 4 nitrogen and oxygen atoms in total. The van der Waals surface area contributed by atoms with Crippen molar-refractivity contribution in [2.24, 2.45) is 5.92 Å². The first kappa shape index (κ1) is 13.8. The molecule has 0 aromatic carbocycles. The number of ether oxygens (including phenoxy) is 1. The zero-order valence-corrected chi connectivity index (χ0v) is 12.9. The Kier molecular flexibility index (Phi) is 4.17. The van der Waals surface area contributed by atoms with Gasteiger partial charge in [-0.3, -0.25) is 0 Å². The van der Waals surface area contributed by atoms with Crippen LogP contribution in [0.1, 0.15) is 25.6 Å². The predicted molar refractivity (Wildman–Crippen MR) is 83.6 cm³/mol. The number of nitrogens with zero attached hydrogens (tertiary/aromatic N) is 3. The molecule has 0 amide bonds. The standard InChI is InChI=1S/C15H21N3OS/c1-3-18(10-12-4-7-19-8-5-12)14-13-6-9-20-15(13)17-11(2)16-14/h6,9,12H,3-5,7-8,10H2,1-2H3. The molecule has 0 atom stereocenters. The first-order chi connectivity index (χ1) is 9.78. The topological polar surface area (TPSA) is 38.2 Å². The van der Waals surface area contributed by atoms with Gasteiger partial charge in [-0.25, -0.2) is 9.97 Å². The zero-order chi connectivity index (χ0) is 13.9. The molecule has 2 aromatic heterocycles. The predicted octanol–water partition coefficient (Wildman–Crippen LogP) is 3.25. The van der Waals surface area contributed by atoms with E-state index >= 15 is 0 Å². The van der Waals surface area contributed by atoms with Crippen molar-refractivity contribution in [3.63, 3.8) is 0 Å². The van der Waals surface area contributed by atoms with Gasteiger partial charge in [0.05, 0.1) is 5.39 Å². The SMILES string of the molecule is CCN(CC1CCOCC1)c1nc(C)nc2sccc12. The molecule has 0 bridgehead atoms. The summed E-state index contributed by atoms with van der Waals surface area (Å²) in [6.07, 6.45) is 2.32. The second-order valence-electron chi connectivity index (χ2n) is 5.33. The maximum Gasteiger partial charge on any atom is 0.141 e. The van der Waals surface area contributed by atoms with Gasteiger partial charge in [0, 0.05) is 26.3 Å². The number of anilines is 1. The van der Waals surface area contributed by atoms with Gasteiger partial charge in [0.25, 0.3) is 0 Å². The molecule has 1 aliphatic rings. The van der Waals surface area contributed by atoms with Crippen molar-refractivity contribution in [1.82, 2.24) is 9.97 Å². The van der Waals surface area contributed by atoms with Crippen LogP contribution in [0.5, 0.6) is 0 Å². The van der Waals surface area contributed by atoms with Crippen molar-refractivity contribution >= 4 is 27.4 Å². The highest BCUT2D eigenvalue weighted by Crippen LogP contribution is 2.29. The first-order valence-electron chi connectivity index (χ1n) is 7.32. The summed E-state index contributed by atoms with van der Waals surface area (Å²) in [5.41, 5.74) is 0. The second-order valence-corrected chi connectivity index (χ2v) is 6.22. The van der Waals surface area contributed by atoms with Crippen LogP contribution in [0.3, 0.4) is 0 Å². The van der Waals surface area contributed by atoms with E-state index in [1.165, 1.54) is 5.39 Å². The van der Waals surface area contributed by atoms with Crippen molar-refractivity contribution in [2.45, 2.75) is 26.7 Å². The number of aromatic nitrogens is 2. The molecular weight excluding hydrogens is 270 g/mol. The first-order valence-corrected chi connectivity index (χ1v) is 8.20. The largest absolute Gasteiger partial charge is 0.381 e. The van der Waals surface area contributed by atoms with E-state index < -0.39 is 0 Å². The monoisotopic (exact) mass is 291 g/mol. The summed E-state index contributed by atoms with van der Waals surface area (Å²) < 4.78 is 5.46. The summed E-state index contributed by atoms with van der Waals surface area (Å²) in [4.78, 5) is 12.7. The van der Waals surface area contributed by atoms with E-state index in [0.29, 0.717) is 5.92 Å². The van der Waals surface area contributed by atoms with E-state index in [4.69, 9.17) is 9.72 Å². The highest BCUT2D eigenvalue weighted by atomic mass is 32.1. The van der Waals surface area contributed by atoms with Gasteiger partial charge in [0.15, 0.2) is 0 Å². The Morgan fingerprint density at radius 1 is 1.35 bits per heavy atom. The summed E-state index contributed by atoms with van der Waals surface area (Å²) in [6, 6.07) is 2.14. The van der Waals surface area contributed by atoms with Gasteiger partial charge < -0.3 is 9.64 Å². The maximum absolute atomic E-state index is 5.46. The van der Waals surface area contributed by atoms with Crippen molar-refractivity contribution in [3.8, 4) is 0 Å². The third-order valence-electron chi connectivity index (χ3n) is 3.92. The molecule has 3 rings (SSSR count). The number of aryl methyl sites for hydroxylation is 1. The van der Waals surface area contributed by atoms with E-state index in [2.05, 4.69) is 28.3 Å². The Labute approximate surface area is 123 Å². The molecule has 1 saturated heterocycles. The van der Waals surface area contributed by atoms with Crippen LogP contribution < -0.4 is 4.90 Å². The summed E-state index contributed by atoms with van der Waals surface area (Å²) in [6.45, 7) is 8.04. The smallest absolute Gasteiger partial charge is 0.141 e. The average molecular weight is 291 g/mol. The van der Waals surface area contributed by atoms with Crippen molar-refractivity contribution in [1.29, 1.82) is 0 Å². The molecule has 2 aromatic rings. The highest BCUT2D eigenvalue weighted by Gasteiger charge is 2.20. The minimum atomic E-state index is 0.715. The zero-order valence-electron chi connectivity index (χ0n) is 12.1. The fourth-order valence-corrected chi connectivity index (χ4v) is 3.59. The number of rotatable bonds is 4. The van der Waals surface area contributed by atoms with E-state index in [1.807, 2.05) is 6.92 Å². The van der Waals surface area contributed by atoms with Gasteiger partial charge in [-0.15, -0.1) is 11.3 Å². The van der Waals surface area contributed by atoms with Crippen LogP contribution in [-0.2, 0) is 4.74 Å². The third-order valence-corrected chi connectivity index (χ3v) is 4.72. The molecule has 20 heavy (non-hydrogen) atoms. The Hall–Kier alpha value is -1.20. The van der Waals surface area contributed by atoms with Crippen molar-refractivity contribution in [3.05, 3.63) is 17.3 Å². The third kappa shape index (κ3) is 2.79. The molecule has 0 unspecified atom stereocenters. The normalized spacial score (nSPS) is 16.7. The average Bonchev–Trinajstić information content (AvgIpc) is 2.93. The summed E-state index contributed by atoms with van der Waals surface area (Å²) in [5, 5.41) is 3.29. The lowest BCUT2D eigenvalue weighted by Gasteiger charge is -2.30. The molecule has 5 heteroatoms. The van der Waals surface area contributed by atoms with Crippen molar-refractivity contribution < 1.29 is 4.74 Å². The van der Waals surface area contributed by atoms with Crippen LogP contribution in [-0.4, -0.2) is 36.3 Å². The van der Waals surface area contributed by atoms with E-state index in [1.54, 1.807) is 11.3 Å². The van der Waals surface area contributed by atoms with Crippen LogP contribution in [0.4, 0.5) is 5.82 Å². The van der Waals surface area contributed by atoms with Crippen LogP contribution in [0.2, 0.25) is 0 Å². The molecule has 1 aliphatic heterocycles. The Balaban J connectivity index is 1.88. The van der Waals surface area contributed by atoms with Gasteiger partial charge in [0.2, 0.25) is 0 Å². The van der Waals surface area contributed by atoms with Gasteiger partial charge in [-0.05, 0) is 44.1 Å². The van der Waals surface area contributed by atoms with Gasteiger partial charge in [-0.1, -0.05) is 0 Å². The minimum Gasteiger partial charge on any atom is -0.381 e. The molecule has 0 N–H and O–H groups in total. The lowest BCUT2D eigenvalue weighted by atomic mass is 9.99. The molecule has 0 aliphatic carbocycles. The van der Waals surface area contributed by atoms with Gasteiger partial charge in [-0.2, -0.15) is 0 Å². The van der Waals surface area contributed by atoms with E-state index in [9.17, 15) is 0 Å². The molecule has 108 valence electrons. The van der Waals surface area contributed by atoms with Crippen LogP contribution in [0, 0.1) is 12.8 Å². The Morgan fingerprint density at radius 3 is 2.90 bits per heavy atom. The lowest BCUT2D eigenvalue weighted by molar-refractivity contribution is 0.0682. The Morgan fingerprint density at radius 2 is 2.15 bits per heavy atom. The maximum atomic E-state index is 5.46. The van der Waals surface area contributed by atoms with Crippen LogP contribution in [0.25, 0.3) is 10.2 Å². The molecule has 0 saturated carbocycles.